The van der Waals surface area contributed by atoms with Crippen LogP contribution >= 0.6 is 0 Å². The summed E-state index contributed by atoms with van der Waals surface area (Å²) < 4.78 is 4.39. The Balaban J connectivity index is 1.34. The van der Waals surface area contributed by atoms with Crippen LogP contribution in [0.5, 0.6) is 0 Å². The summed E-state index contributed by atoms with van der Waals surface area (Å²) in [6, 6.07) is 4.16. The lowest BCUT2D eigenvalue weighted by molar-refractivity contribution is 0.225. The van der Waals surface area contributed by atoms with Crippen LogP contribution in [-0.2, 0) is 12.8 Å². The van der Waals surface area contributed by atoms with Gasteiger partial charge in [-0.1, -0.05) is 12.8 Å². The standard InChI is InChI=1S/C22H36N6/c1-3-13-25(14-4-1)17-9-11-21-23-24-22(28(21)27-19-7-8-20-27)12-10-18-26-15-5-2-6-16-26/h7-8,19-20H,1-6,9-18H2. The summed E-state index contributed by atoms with van der Waals surface area (Å²) in [6.07, 6.45) is 16.8. The fraction of sp³-hybridized carbons (Fsp3) is 0.727. The minimum atomic E-state index is 0.994. The van der Waals surface area contributed by atoms with E-state index in [0.717, 1.165) is 37.3 Å². The van der Waals surface area contributed by atoms with Crippen molar-refractivity contribution in [3.63, 3.8) is 0 Å². The van der Waals surface area contributed by atoms with Crippen LogP contribution < -0.4 is 0 Å². The zero-order valence-electron chi connectivity index (χ0n) is 17.3. The minimum absolute atomic E-state index is 0.994. The van der Waals surface area contributed by atoms with Crippen molar-refractivity contribution in [2.75, 3.05) is 39.3 Å². The van der Waals surface area contributed by atoms with Crippen molar-refractivity contribution in [1.29, 1.82) is 0 Å². The number of aromatic nitrogens is 4. The molecule has 0 saturated carbocycles. The van der Waals surface area contributed by atoms with Crippen LogP contribution in [0.4, 0.5) is 0 Å². The molecule has 2 aromatic heterocycles. The van der Waals surface area contributed by atoms with E-state index in [1.54, 1.807) is 0 Å². The molecule has 2 aromatic rings. The molecule has 0 atom stereocenters. The first-order chi connectivity index (χ1) is 13.9. The van der Waals surface area contributed by atoms with Crippen molar-refractivity contribution in [2.45, 2.75) is 64.2 Å². The van der Waals surface area contributed by atoms with Gasteiger partial charge in [-0.15, -0.1) is 10.2 Å². The van der Waals surface area contributed by atoms with Crippen LogP contribution in [0.3, 0.4) is 0 Å². The molecule has 0 spiro atoms. The molecule has 4 heterocycles. The Morgan fingerprint density at radius 3 is 1.57 bits per heavy atom. The predicted octanol–water partition coefficient (Wildman–Crippen LogP) is 3.23. The van der Waals surface area contributed by atoms with Crippen LogP contribution in [-0.4, -0.2) is 68.6 Å². The van der Waals surface area contributed by atoms with Gasteiger partial charge in [0.2, 0.25) is 0 Å². The third-order valence-corrected chi connectivity index (χ3v) is 6.24. The molecule has 2 aliphatic rings. The molecule has 2 fully saturated rings. The highest BCUT2D eigenvalue weighted by Gasteiger charge is 2.16. The zero-order chi connectivity index (χ0) is 19.0. The second kappa shape index (κ2) is 10.2. The van der Waals surface area contributed by atoms with Crippen molar-refractivity contribution >= 4 is 0 Å². The second-order valence-electron chi connectivity index (χ2n) is 8.42. The third-order valence-electron chi connectivity index (χ3n) is 6.24. The molecule has 0 unspecified atom stereocenters. The van der Waals surface area contributed by atoms with E-state index >= 15 is 0 Å². The molecule has 0 N–H and O–H groups in total. The first-order valence-electron chi connectivity index (χ1n) is 11.4. The van der Waals surface area contributed by atoms with Crippen LogP contribution in [0.2, 0.25) is 0 Å². The number of piperidine rings is 2. The van der Waals surface area contributed by atoms with Gasteiger partial charge in [0.15, 0.2) is 11.6 Å². The average molecular weight is 385 g/mol. The fourth-order valence-corrected chi connectivity index (χ4v) is 4.67. The Labute approximate surface area is 169 Å². The molecule has 0 radical (unpaired) electrons. The van der Waals surface area contributed by atoms with E-state index in [2.05, 4.69) is 53.9 Å². The van der Waals surface area contributed by atoms with Crippen molar-refractivity contribution in [3.05, 3.63) is 36.2 Å². The summed E-state index contributed by atoms with van der Waals surface area (Å²) in [5, 5.41) is 9.16. The topological polar surface area (TPSA) is 42.1 Å². The average Bonchev–Trinajstić information content (AvgIpc) is 3.40. The lowest BCUT2D eigenvalue weighted by Crippen LogP contribution is -2.31. The molecule has 0 bridgehead atoms. The lowest BCUT2D eigenvalue weighted by Gasteiger charge is -2.26. The van der Waals surface area contributed by atoms with E-state index in [1.165, 1.54) is 77.8 Å². The zero-order valence-corrected chi connectivity index (χ0v) is 17.3. The van der Waals surface area contributed by atoms with Gasteiger partial charge in [0, 0.05) is 25.2 Å². The summed E-state index contributed by atoms with van der Waals surface area (Å²) in [5.41, 5.74) is 0. The van der Waals surface area contributed by atoms with Gasteiger partial charge >= 0.3 is 0 Å². The van der Waals surface area contributed by atoms with E-state index in [9.17, 15) is 0 Å². The monoisotopic (exact) mass is 384 g/mol. The molecule has 154 valence electrons. The van der Waals surface area contributed by atoms with E-state index in [-0.39, 0.29) is 0 Å². The molecule has 0 aliphatic carbocycles. The molecule has 6 nitrogen and oxygen atoms in total. The van der Waals surface area contributed by atoms with Crippen molar-refractivity contribution in [1.82, 2.24) is 29.3 Å². The number of likely N-dealkylation sites (tertiary alicyclic amines) is 2. The van der Waals surface area contributed by atoms with Crippen LogP contribution in [0, 0.1) is 0 Å². The fourth-order valence-electron chi connectivity index (χ4n) is 4.67. The normalized spacial score (nSPS) is 19.3. The maximum atomic E-state index is 4.58. The Hall–Kier alpha value is -1.66. The Morgan fingerprint density at radius 1 is 0.643 bits per heavy atom. The lowest BCUT2D eigenvalue weighted by atomic mass is 10.1. The summed E-state index contributed by atoms with van der Waals surface area (Å²) in [6.45, 7) is 7.45. The van der Waals surface area contributed by atoms with E-state index in [1.807, 2.05) is 0 Å². The highest BCUT2D eigenvalue weighted by Crippen LogP contribution is 2.13. The number of nitrogens with zero attached hydrogens (tertiary/aromatic N) is 6. The summed E-state index contributed by atoms with van der Waals surface area (Å²) in [4.78, 5) is 5.22. The number of aryl methyl sites for hydroxylation is 2. The smallest absolute Gasteiger partial charge is 0.153 e. The molecule has 0 aromatic carbocycles. The maximum absolute atomic E-state index is 4.58. The first kappa shape index (κ1) is 19.6. The van der Waals surface area contributed by atoms with E-state index in [0.29, 0.717) is 0 Å². The molecular formula is C22H36N6. The van der Waals surface area contributed by atoms with Gasteiger partial charge in [-0.2, -0.15) is 0 Å². The molecular weight excluding hydrogens is 348 g/mol. The van der Waals surface area contributed by atoms with E-state index in [4.69, 9.17) is 0 Å². The third kappa shape index (κ3) is 5.23. The molecule has 6 heteroatoms. The van der Waals surface area contributed by atoms with Gasteiger partial charge in [0.05, 0.1) is 0 Å². The van der Waals surface area contributed by atoms with Gasteiger partial charge in [0.1, 0.15) is 0 Å². The SMILES string of the molecule is c1ccn(-n2c(CCCN3CCCCC3)nnc2CCCN2CCCCC2)c1. The number of rotatable bonds is 9. The van der Waals surface area contributed by atoms with E-state index < -0.39 is 0 Å². The molecule has 2 aliphatic heterocycles. The number of hydrogen-bond acceptors (Lipinski definition) is 4. The van der Waals surface area contributed by atoms with Crippen LogP contribution in [0.15, 0.2) is 24.5 Å². The van der Waals surface area contributed by atoms with Gasteiger partial charge in [-0.25, -0.2) is 4.68 Å². The van der Waals surface area contributed by atoms with Gasteiger partial charge in [0.25, 0.3) is 0 Å². The quantitative estimate of drug-likeness (QED) is 0.666. The van der Waals surface area contributed by atoms with Crippen molar-refractivity contribution in [2.24, 2.45) is 0 Å². The van der Waals surface area contributed by atoms with Gasteiger partial charge in [-0.05, 0) is 89.9 Å². The molecule has 2 saturated heterocycles. The second-order valence-corrected chi connectivity index (χ2v) is 8.42. The summed E-state index contributed by atoms with van der Waals surface area (Å²) in [7, 11) is 0. The molecule has 28 heavy (non-hydrogen) atoms. The van der Waals surface area contributed by atoms with Crippen LogP contribution in [0.25, 0.3) is 0 Å². The van der Waals surface area contributed by atoms with Gasteiger partial charge < -0.3 is 9.80 Å². The number of hydrogen-bond donors (Lipinski definition) is 0. The highest BCUT2D eigenvalue weighted by molar-refractivity contribution is 5.02. The van der Waals surface area contributed by atoms with Crippen molar-refractivity contribution < 1.29 is 0 Å². The Kier molecular flexibility index (Phi) is 7.17. The minimum Gasteiger partial charge on any atom is -0.303 e. The summed E-state index contributed by atoms with van der Waals surface area (Å²) >= 11 is 0. The molecule has 0 amide bonds. The maximum Gasteiger partial charge on any atom is 0.153 e. The Morgan fingerprint density at radius 2 is 1.11 bits per heavy atom. The van der Waals surface area contributed by atoms with Crippen molar-refractivity contribution in [3.8, 4) is 0 Å². The van der Waals surface area contributed by atoms with Crippen LogP contribution in [0.1, 0.15) is 63.0 Å². The van der Waals surface area contributed by atoms with Gasteiger partial charge in [-0.3, -0.25) is 4.68 Å². The largest absolute Gasteiger partial charge is 0.303 e. The Bertz CT molecular complexity index is 638. The molecule has 4 rings (SSSR count). The summed E-state index contributed by atoms with van der Waals surface area (Å²) in [5.74, 6) is 2.20. The highest BCUT2D eigenvalue weighted by atomic mass is 15.5. The first-order valence-corrected chi connectivity index (χ1v) is 11.4. The predicted molar refractivity (Wildman–Crippen MR) is 112 cm³/mol.